The average Bonchev–Trinajstić information content (AvgIpc) is 2.42. The van der Waals surface area contributed by atoms with Gasteiger partial charge in [0.15, 0.2) is 0 Å². The van der Waals surface area contributed by atoms with Gasteiger partial charge in [-0.25, -0.2) is 0 Å². The molecule has 2 atom stereocenters. The number of hydrogen-bond donors (Lipinski definition) is 1. The molecule has 2 unspecified atom stereocenters. The Morgan fingerprint density at radius 1 is 1.29 bits per heavy atom. The molecule has 1 heterocycles. The topological polar surface area (TPSA) is 24.5 Å². The molecule has 0 aliphatic carbocycles. The predicted octanol–water partition coefficient (Wildman–Crippen LogP) is 3.01. The monoisotopic (exact) mass is 290 g/mol. The normalized spacial score (nSPS) is 27.8. The van der Waals surface area contributed by atoms with Gasteiger partial charge in [-0.1, -0.05) is 30.3 Å². The minimum Gasteiger partial charge on any atom is -0.375 e. The highest BCUT2D eigenvalue weighted by molar-refractivity contribution is 5.25. The lowest BCUT2D eigenvalue weighted by atomic mass is 9.87. The van der Waals surface area contributed by atoms with Crippen LogP contribution >= 0.6 is 0 Å². The van der Waals surface area contributed by atoms with Crippen LogP contribution in [0.5, 0.6) is 0 Å². The van der Waals surface area contributed by atoms with Crippen molar-refractivity contribution in [1.82, 2.24) is 10.2 Å². The van der Waals surface area contributed by atoms with Crippen LogP contribution in [0.4, 0.5) is 0 Å². The van der Waals surface area contributed by atoms with Crippen LogP contribution < -0.4 is 5.32 Å². The van der Waals surface area contributed by atoms with E-state index in [4.69, 9.17) is 4.74 Å². The molecule has 1 saturated heterocycles. The maximum Gasteiger partial charge on any atom is 0.0600 e. The van der Waals surface area contributed by atoms with E-state index in [0.717, 1.165) is 26.2 Å². The first-order valence-corrected chi connectivity index (χ1v) is 7.99. The summed E-state index contributed by atoms with van der Waals surface area (Å²) in [4.78, 5) is 2.56. The van der Waals surface area contributed by atoms with Gasteiger partial charge in [-0.05, 0) is 40.2 Å². The quantitative estimate of drug-likeness (QED) is 0.922. The zero-order valence-electron chi connectivity index (χ0n) is 14.1. The molecule has 1 fully saturated rings. The highest BCUT2D eigenvalue weighted by atomic mass is 16.5. The summed E-state index contributed by atoms with van der Waals surface area (Å²) in [6.45, 7) is 14.7. The second kappa shape index (κ2) is 6.47. The molecule has 21 heavy (non-hydrogen) atoms. The number of hydrogen-bond acceptors (Lipinski definition) is 3. The molecule has 0 bridgehead atoms. The van der Waals surface area contributed by atoms with Crippen molar-refractivity contribution < 1.29 is 4.74 Å². The Morgan fingerprint density at radius 2 is 1.95 bits per heavy atom. The third-order valence-electron chi connectivity index (χ3n) is 4.28. The van der Waals surface area contributed by atoms with Crippen LogP contribution in [0.15, 0.2) is 30.3 Å². The zero-order valence-corrected chi connectivity index (χ0v) is 14.1. The Labute approximate surface area is 129 Å². The highest BCUT2D eigenvalue weighted by Gasteiger charge is 2.37. The van der Waals surface area contributed by atoms with Crippen LogP contribution in [0.2, 0.25) is 0 Å². The molecule has 0 radical (unpaired) electrons. The standard InChI is InChI=1S/C18H30N2O/c1-15-13-20(11-12-21-17(2,3)4)18(5,14-19-15)16-9-7-6-8-10-16/h6-10,15,19H,11-14H2,1-5H3. The fourth-order valence-electron chi connectivity index (χ4n) is 2.96. The van der Waals surface area contributed by atoms with E-state index in [1.54, 1.807) is 0 Å². The second-order valence-corrected chi connectivity index (χ2v) is 7.33. The minimum atomic E-state index is -0.0667. The van der Waals surface area contributed by atoms with Crippen LogP contribution in [-0.4, -0.2) is 42.8 Å². The lowest BCUT2D eigenvalue weighted by molar-refractivity contribution is -0.0367. The summed E-state index contributed by atoms with van der Waals surface area (Å²) in [5, 5.41) is 3.63. The summed E-state index contributed by atoms with van der Waals surface area (Å²) in [6.07, 6.45) is 0. The van der Waals surface area contributed by atoms with E-state index in [1.165, 1.54) is 5.56 Å². The van der Waals surface area contributed by atoms with E-state index in [-0.39, 0.29) is 11.1 Å². The van der Waals surface area contributed by atoms with E-state index in [1.807, 2.05) is 0 Å². The van der Waals surface area contributed by atoms with Crippen molar-refractivity contribution in [2.45, 2.75) is 51.8 Å². The number of nitrogens with one attached hydrogen (secondary N) is 1. The molecule has 0 amide bonds. The number of benzene rings is 1. The Kier molecular flexibility index (Phi) is 5.07. The van der Waals surface area contributed by atoms with Gasteiger partial charge in [0, 0.05) is 25.7 Å². The molecule has 1 N–H and O–H groups in total. The van der Waals surface area contributed by atoms with Gasteiger partial charge in [-0.3, -0.25) is 4.90 Å². The van der Waals surface area contributed by atoms with Gasteiger partial charge in [0.1, 0.15) is 0 Å². The summed E-state index contributed by atoms with van der Waals surface area (Å²) in [5.74, 6) is 0. The number of ether oxygens (including phenoxy) is 1. The predicted molar refractivity (Wildman–Crippen MR) is 88.5 cm³/mol. The molecule has 1 aliphatic rings. The lowest BCUT2D eigenvalue weighted by Crippen LogP contribution is -2.61. The van der Waals surface area contributed by atoms with Gasteiger partial charge in [-0.15, -0.1) is 0 Å². The maximum absolute atomic E-state index is 5.93. The van der Waals surface area contributed by atoms with Crippen molar-refractivity contribution in [2.24, 2.45) is 0 Å². The van der Waals surface area contributed by atoms with E-state index in [2.05, 4.69) is 75.2 Å². The molecule has 0 spiro atoms. The summed E-state index contributed by atoms with van der Waals surface area (Å²) in [7, 11) is 0. The molecule has 1 aliphatic heterocycles. The van der Waals surface area contributed by atoms with Crippen LogP contribution in [0, 0.1) is 0 Å². The molecular formula is C18H30N2O. The molecule has 3 nitrogen and oxygen atoms in total. The average molecular weight is 290 g/mol. The van der Waals surface area contributed by atoms with Crippen molar-refractivity contribution in [2.75, 3.05) is 26.2 Å². The van der Waals surface area contributed by atoms with E-state index < -0.39 is 0 Å². The largest absolute Gasteiger partial charge is 0.375 e. The third kappa shape index (κ3) is 4.29. The summed E-state index contributed by atoms with van der Waals surface area (Å²) >= 11 is 0. The van der Waals surface area contributed by atoms with E-state index >= 15 is 0 Å². The highest BCUT2D eigenvalue weighted by Crippen LogP contribution is 2.30. The first-order valence-electron chi connectivity index (χ1n) is 7.99. The Bertz CT molecular complexity index is 440. The van der Waals surface area contributed by atoms with Crippen molar-refractivity contribution in [3.63, 3.8) is 0 Å². The molecular weight excluding hydrogens is 260 g/mol. The molecule has 0 aromatic heterocycles. The summed E-state index contributed by atoms with van der Waals surface area (Å²) in [5.41, 5.74) is 1.35. The fraction of sp³-hybridized carbons (Fsp3) is 0.667. The number of piperazine rings is 1. The van der Waals surface area contributed by atoms with Crippen molar-refractivity contribution in [1.29, 1.82) is 0 Å². The van der Waals surface area contributed by atoms with E-state index in [9.17, 15) is 0 Å². The van der Waals surface area contributed by atoms with Crippen LogP contribution in [-0.2, 0) is 10.3 Å². The summed E-state index contributed by atoms with van der Waals surface area (Å²) in [6, 6.07) is 11.3. The second-order valence-electron chi connectivity index (χ2n) is 7.33. The van der Waals surface area contributed by atoms with Crippen LogP contribution in [0.1, 0.15) is 40.2 Å². The lowest BCUT2D eigenvalue weighted by Gasteiger charge is -2.48. The SMILES string of the molecule is CC1CN(CCOC(C)(C)C)C(C)(c2ccccc2)CN1. The van der Waals surface area contributed by atoms with Gasteiger partial charge in [0.05, 0.1) is 17.7 Å². The molecule has 1 aromatic rings. The van der Waals surface area contributed by atoms with Crippen molar-refractivity contribution in [3.8, 4) is 0 Å². The summed E-state index contributed by atoms with van der Waals surface area (Å²) < 4.78 is 5.93. The van der Waals surface area contributed by atoms with Gasteiger partial charge >= 0.3 is 0 Å². The number of nitrogens with zero attached hydrogens (tertiary/aromatic N) is 1. The Balaban J connectivity index is 2.10. The smallest absolute Gasteiger partial charge is 0.0600 e. The van der Waals surface area contributed by atoms with Gasteiger partial charge in [0.2, 0.25) is 0 Å². The first-order chi connectivity index (χ1) is 9.81. The third-order valence-corrected chi connectivity index (χ3v) is 4.28. The van der Waals surface area contributed by atoms with Gasteiger partial charge in [0.25, 0.3) is 0 Å². The van der Waals surface area contributed by atoms with Crippen molar-refractivity contribution >= 4 is 0 Å². The molecule has 2 rings (SSSR count). The fourth-order valence-corrected chi connectivity index (χ4v) is 2.96. The molecule has 0 saturated carbocycles. The van der Waals surface area contributed by atoms with Gasteiger partial charge < -0.3 is 10.1 Å². The van der Waals surface area contributed by atoms with Gasteiger partial charge in [-0.2, -0.15) is 0 Å². The molecule has 1 aromatic carbocycles. The first kappa shape index (κ1) is 16.5. The van der Waals surface area contributed by atoms with Crippen LogP contribution in [0.3, 0.4) is 0 Å². The Morgan fingerprint density at radius 3 is 2.57 bits per heavy atom. The molecule has 118 valence electrons. The van der Waals surface area contributed by atoms with E-state index in [0.29, 0.717) is 6.04 Å². The molecule has 3 heteroatoms. The van der Waals surface area contributed by atoms with Crippen molar-refractivity contribution in [3.05, 3.63) is 35.9 Å². The zero-order chi connectivity index (χ0) is 15.5. The Hall–Kier alpha value is -0.900. The number of rotatable bonds is 4. The van der Waals surface area contributed by atoms with Crippen LogP contribution in [0.25, 0.3) is 0 Å². The minimum absolute atomic E-state index is 0.0367. The maximum atomic E-state index is 5.93.